The van der Waals surface area contributed by atoms with Crippen LogP contribution in [0.25, 0.3) is 11.0 Å². The number of imidazole rings is 1. The minimum Gasteiger partial charge on any atom is -0.497 e. The van der Waals surface area contributed by atoms with Gasteiger partial charge in [0.05, 0.1) is 24.4 Å². The van der Waals surface area contributed by atoms with Crippen molar-refractivity contribution in [3.8, 4) is 5.75 Å². The van der Waals surface area contributed by atoms with E-state index in [9.17, 15) is 4.79 Å². The van der Waals surface area contributed by atoms with Crippen LogP contribution in [0.2, 0.25) is 0 Å². The third-order valence-electron chi connectivity index (χ3n) is 8.71. The van der Waals surface area contributed by atoms with E-state index in [1.165, 1.54) is 5.56 Å². The quantitative estimate of drug-likeness (QED) is 0.171. The van der Waals surface area contributed by atoms with Crippen LogP contribution in [-0.4, -0.2) is 72.1 Å². The first-order valence-electron chi connectivity index (χ1n) is 15.5. The van der Waals surface area contributed by atoms with Gasteiger partial charge in [0.2, 0.25) is 5.95 Å². The molecule has 3 heterocycles. The van der Waals surface area contributed by atoms with Crippen LogP contribution in [0.15, 0.2) is 95.6 Å². The molecule has 0 saturated carbocycles. The number of aromatic amines is 1. The van der Waals surface area contributed by atoms with Crippen molar-refractivity contribution < 1.29 is 13.9 Å². The first kappa shape index (κ1) is 29.5. The van der Waals surface area contributed by atoms with Crippen LogP contribution in [0.5, 0.6) is 5.75 Å². The summed E-state index contributed by atoms with van der Waals surface area (Å²) in [6.45, 7) is 3.69. The van der Waals surface area contributed by atoms with Crippen LogP contribution in [0.1, 0.15) is 52.4 Å². The average Bonchev–Trinajstić information content (AvgIpc) is 3.74. The molecule has 0 aliphatic carbocycles. The van der Waals surface area contributed by atoms with Gasteiger partial charge in [0.25, 0.3) is 5.91 Å². The van der Waals surface area contributed by atoms with Crippen LogP contribution in [0.3, 0.4) is 0 Å². The normalized spacial score (nSPS) is 14.9. The minimum atomic E-state index is 0.0506. The fourth-order valence-electron chi connectivity index (χ4n) is 6.19. The molecule has 1 aliphatic heterocycles. The molecule has 1 unspecified atom stereocenters. The molecule has 1 amide bonds. The smallest absolute Gasteiger partial charge is 0.253 e. The molecule has 3 aromatic carbocycles. The first-order valence-corrected chi connectivity index (χ1v) is 15.5. The number of carbonyl (C=O) groups excluding carboxylic acids is 1. The van der Waals surface area contributed by atoms with E-state index >= 15 is 0 Å². The Morgan fingerprint density at radius 3 is 2.57 bits per heavy atom. The highest BCUT2D eigenvalue weighted by Crippen LogP contribution is 2.27. The third-order valence-corrected chi connectivity index (χ3v) is 8.71. The van der Waals surface area contributed by atoms with Gasteiger partial charge in [-0.15, -0.1) is 0 Å². The number of benzene rings is 3. The van der Waals surface area contributed by atoms with E-state index in [1.54, 1.807) is 13.4 Å². The number of rotatable bonds is 12. The van der Waals surface area contributed by atoms with Gasteiger partial charge >= 0.3 is 0 Å². The maximum Gasteiger partial charge on any atom is 0.253 e. The van der Waals surface area contributed by atoms with Crippen molar-refractivity contribution >= 4 is 22.9 Å². The van der Waals surface area contributed by atoms with Gasteiger partial charge in [0, 0.05) is 50.6 Å². The number of para-hydroxylation sites is 1. The van der Waals surface area contributed by atoms with Crippen LogP contribution >= 0.6 is 0 Å². The summed E-state index contributed by atoms with van der Waals surface area (Å²) >= 11 is 0. The highest BCUT2D eigenvalue weighted by molar-refractivity contribution is 5.94. The molecule has 44 heavy (non-hydrogen) atoms. The number of amides is 1. The van der Waals surface area contributed by atoms with Gasteiger partial charge in [0.1, 0.15) is 11.5 Å². The number of likely N-dealkylation sites (N-methyl/N-ethyl adjacent to an activating group) is 1. The second kappa shape index (κ2) is 13.8. The summed E-state index contributed by atoms with van der Waals surface area (Å²) < 4.78 is 10.9. The number of fused-ring (bicyclic) bond motifs is 1. The van der Waals surface area contributed by atoms with Gasteiger partial charge < -0.3 is 29.3 Å². The van der Waals surface area contributed by atoms with Crippen molar-refractivity contribution in [2.75, 3.05) is 45.7 Å². The zero-order valence-corrected chi connectivity index (χ0v) is 25.5. The van der Waals surface area contributed by atoms with Crippen molar-refractivity contribution in [2.24, 2.45) is 0 Å². The number of aromatic nitrogens is 2. The molecule has 1 aliphatic rings. The number of hydrogen-bond acceptors (Lipinski definition) is 6. The molecular formula is C36H41N5O3. The number of carbonyl (C=O) groups is 1. The number of piperidine rings is 1. The Hall–Kier alpha value is -4.56. The van der Waals surface area contributed by atoms with Crippen LogP contribution in [0.4, 0.5) is 5.95 Å². The lowest BCUT2D eigenvalue weighted by Crippen LogP contribution is -2.40. The molecule has 0 bridgehead atoms. The average molecular weight is 592 g/mol. The SMILES string of the molecule is COc1ccc(C(CCN2CCC(Nc3nc4c(Cc5ccco5)cccc4[nH]3)CC2)CN(C)C(=O)c2ccccc2)cc1. The second-order valence-electron chi connectivity index (χ2n) is 11.7. The Morgan fingerprint density at radius 1 is 1.05 bits per heavy atom. The maximum atomic E-state index is 13.1. The fourth-order valence-corrected chi connectivity index (χ4v) is 6.19. The van der Waals surface area contributed by atoms with Crippen LogP contribution < -0.4 is 10.1 Å². The maximum absolute atomic E-state index is 13.1. The van der Waals surface area contributed by atoms with Crippen molar-refractivity contribution in [2.45, 2.75) is 37.6 Å². The van der Waals surface area contributed by atoms with Gasteiger partial charge in [-0.25, -0.2) is 4.98 Å². The van der Waals surface area contributed by atoms with Crippen molar-refractivity contribution in [3.63, 3.8) is 0 Å². The molecule has 1 fully saturated rings. The predicted octanol–water partition coefficient (Wildman–Crippen LogP) is 6.58. The molecule has 1 saturated heterocycles. The van der Waals surface area contributed by atoms with Gasteiger partial charge in [-0.1, -0.05) is 42.5 Å². The summed E-state index contributed by atoms with van der Waals surface area (Å²) in [6, 6.07) is 28.3. The predicted molar refractivity (Wildman–Crippen MR) is 174 cm³/mol. The van der Waals surface area contributed by atoms with E-state index in [4.69, 9.17) is 14.1 Å². The minimum absolute atomic E-state index is 0.0506. The molecule has 8 heteroatoms. The number of hydrogen-bond donors (Lipinski definition) is 2. The number of nitrogens with zero attached hydrogens (tertiary/aromatic N) is 3. The number of anilines is 1. The van der Waals surface area contributed by atoms with Gasteiger partial charge in [-0.2, -0.15) is 0 Å². The second-order valence-corrected chi connectivity index (χ2v) is 11.7. The molecule has 8 nitrogen and oxygen atoms in total. The summed E-state index contributed by atoms with van der Waals surface area (Å²) in [6.07, 6.45) is 5.51. The Kier molecular flexibility index (Phi) is 9.27. The summed E-state index contributed by atoms with van der Waals surface area (Å²) in [5.41, 5.74) is 5.13. The number of likely N-dealkylation sites (tertiary alicyclic amines) is 1. The molecular weight excluding hydrogens is 550 g/mol. The van der Waals surface area contributed by atoms with Gasteiger partial charge in [-0.3, -0.25) is 4.79 Å². The van der Waals surface area contributed by atoms with E-state index < -0.39 is 0 Å². The number of ether oxygens (including phenoxy) is 1. The van der Waals surface area contributed by atoms with Crippen LogP contribution in [-0.2, 0) is 6.42 Å². The number of methoxy groups -OCH3 is 1. The topological polar surface area (TPSA) is 86.6 Å². The van der Waals surface area contributed by atoms with Crippen molar-refractivity contribution in [1.29, 1.82) is 0 Å². The lowest BCUT2D eigenvalue weighted by Gasteiger charge is -2.33. The Labute approximate surface area is 259 Å². The summed E-state index contributed by atoms with van der Waals surface area (Å²) in [5.74, 6) is 2.88. The van der Waals surface area contributed by atoms with Crippen LogP contribution in [0, 0.1) is 0 Å². The molecule has 228 valence electrons. The van der Waals surface area contributed by atoms with E-state index in [2.05, 4.69) is 45.5 Å². The highest BCUT2D eigenvalue weighted by Gasteiger charge is 2.23. The number of nitrogens with one attached hydrogen (secondary N) is 2. The molecule has 6 rings (SSSR count). The Morgan fingerprint density at radius 2 is 1.84 bits per heavy atom. The van der Waals surface area contributed by atoms with Gasteiger partial charge in [0.15, 0.2) is 0 Å². The number of furan rings is 1. The summed E-state index contributed by atoms with van der Waals surface area (Å²) in [4.78, 5) is 25.9. The molecule has 2 aromatic heterocycles. The van der Waals surface area contributed by atoms with E-state index in [0.29, 0.717) is 12.6 Å². The summed E-state index contributed by atoms with van der Waals surface area (Å²) in [7, 11) is 3.59. The zero-order valence-electron chi connectivity index (χ0n) is 25.5. The largest absolute Gasteiger partial charge is 0.497 e. The van der Waals surface area contributed by atoms with E-state index in [-0.39, 0.29) is 11.8 Å². The third kappa shape index (κ3) is 7.14. The molecule has 0 radical (unpaired) electrons. The number of H-pyrrole nitrogens is 1. The monoisotopic (exact) mass is 591 g/mol. The molecule has 2 N–H and O–H groups in total. The van der Waals surface area contributed by atoms with Gasteiger partial charge in [-0.05, 0) is 79.4 Å². The molecule has 5 aromatic rings. The van der Waals surface area contributed by atoms with Crippen molar-refractivity contribution in [3.05, 3.63) is 114 Å². The first-order chi connectivity index (χ1) is 21.6. The fraction of sp³-hybridized carbons (Fsp3) is 0.333. The lowest BCUT2D eigenvalue weighted by molar-refractivity contribution is 0.0782. The Balaban J connectivity index is 1.05. The lowest BCUT2D eigenvalue weighted by atomic mass is 9.94. The van der Waals surface area contributed by atoms with Crippen molar-refractivity contribution in [1.82, 2.24) is 19.8 Å². The molecule has 0 spiro atoms. The molecule has 1 atom stereocenters. The zero-order chi connectivity index (χ0) is 30.3. The van der Waals surface area contributed by atoms with E-state index in [0.717, 1.165) is 84.9 Å². The standard InChI is InChI=1S/C36H41N5O3/c1-40(35(42)27-8-4-3-5-9-27)25-29(26-13-15-31(43-2)16-14-26)17-20-41-21-18-30(19-22-41)37-36-38-33-12-6-10-28(34(33)39-36)24-32-11-7-23-44-32/h3-16,23,29-30H,17-22,24-25H2,1-2H3,(H2,37,38,39). The summed E-state index contributed by atoms with van der Waals surface area (Å²) in [5, 5.41) is 3.66. The highest BCUT2D eigenvalue weighted by atomic mass is 16.5. The van der Waals surface area contributed by atoms with E-state index in [1.807, 2.05) is 66.5 Å². The Bertz CT molecular complexity index is 1620.